The van der Waals surface area contributed by atoms with Crippen molar-refractivity contribution in [2.75, 3.05) is 6.61 Å². The minimum atomic E-state index is -4.12. The third kappa shape index (κ3) is 7.42. The molecule has 0 aliphatic carbocycles. The van der Waals surface area contributed by atoms with Crippen molar-refractivity contribution >= 4 is 7.60 Å². The molecule has 0 heterocycles. The Labute approximate surface area is 159 Å². The van der Waals surface area contributed by atoms with E-state index in [0.29, 0.717) is 12.2 Å². The second-order valence-corrected chi connectivity index (χ2v) is 10.9. The van der Waals surface area contributed by atoms with Gasteiger partial charge in [-0.3, -0.25) is 4.57 Å². The lowest BCUT2D eigenvalue weighted by atomic mass is 9.78. The summed E-state index contributed by atoms with van der Waals surface area (Å²) in [6.45, 7) is 15.5. The first-order valence-corrected chi connectivity index (χ1v) is 11.4. The smallest absolute Gasteiger partial charge is 0.329 e. The summed E-state index contributed by atoms with van der Waals surface area (Å²) >= 11 is 0. The van der Waals surface area contributed by atoms with E-state index in [4.69, 9.17) is 4.74 Å². The van der Waals surface area contributed by atoms with E-state index in [1.165, 1.54) is 12.8 Å². The van der Waals surface area contributed by atoms with Crippen LogP contribution in [0.15, 0.2) is 12.1 Å². The molecule has 2 N–H and O–H groups in total. The van der Waals surface area contributed by atoms with Gasteiger partial charge in [-0.1, -0.05) is 79.9 Å². The SMILES string of the molecule is CCCCCCOc1c(C(C)(C)C)cc(CP(=O)(O)O)cc1C(C)(C)C. The van der Waals surface area contributed by atoms with Crippen LogP contribution in [0.1, 0.15) is 90.8 Å². The Hall–Kier alpha value is -0.830. The predicted molar refractivity (Wildman–Crippen MR) is 109 cm³/mol. The minimum Gasteiger partial charge on any atom is -0.493 e. The van der Waals surface area contributed by atoms with E-state index in [0.717, 1.165) is 29.7 Å². The molecule has 1 rings (SSSR count). The van der Waals surface area contributed by atoms with Crippen LogP contribution in [0.4, 0.5) is 0 Å². The summed E-state index contributed by atoms with van der Waals surface area (Å²) in [5, 5.41) is 0. The van der Waals surface area contributed by atoms with Gasteiger partial charge in [0.1, 0.15) is 5.75 Å². The quantitative estimate of drug-likeness (QED) is 0.431. The zero-order valence-electron chi connectivity index (χ0n) is 17.6. The molecule has 0 aromatic heterocycles. The van der Waals surface area contributed by atoms with Gasteiger partial charge >= 0.3 is 7.60 Å². The van der Waals surface area contributed by atoms with Gasteiger partial charge in [-0.05, 0) is 22.8 Å². The summed E-state index contributed by atoms with van der Waals surface area (Å²) in [4.78, 5) is 18.9. The highest BCUT2D eigenvalue weighted by atomic mass is 31.2. The van der Waals surface area contributed by atoms with Crippen LogP contribution in [0.3, 0.4) is 0 Å². The van der Waals surface area contributed by atoms with Crippen LogP contribution in [0.5, 0.6) is 5.75 Å². The van der Waals surface area contributed by atoms with Gasteiger partial charge in [0, 0.05) is 11.1 Å². The van der Waals surface area contributed by atoms with E-state index in [1.807, 2.05) is 12.1 Å². The van der Waals surface area contributed by atoms with Gasteiger partial charge in [-0.25, -0.2) is 0 Å². The van der Waals surface area contributed by atoms with Gasteiger partial charge in [0.05, 0.1) is 12.8 Å². The van der Waals surface area contributed by atoms with Crippen LogP contribution in [0, 0.1) is 0 Å². The Morgan fingerprint density at radius 1 is 0.923 bits per heavy atom. The van der Waals surface area contributed by atoms with Crippen LogP contribution >= 0.6 is 7.60 Å². The van der Waals surface area contributed by atoms with E-state index in [1.54, 1.807) is 0 Å². The molecule has 150 valence electrons. The van der Waals surface area contributed by atoms with Crippen molar-refractivity contribution in [2.45, 2.75) is 91.1 Å². The Morgan fingerprint density at radius 2 is 1.42 bits per heavy atom. The molecule has 0 amide bonds. The van der Waals surface area contributed by atoms with E-state index in [9.17, 15) is 14.4 Å². The molecule has 0 saturated heterocycles. The molecule has 5 heteroatoms. The first kappa shape index (κ1) is 23.2. The summed E-state index contributed by atoms with van der Waals surface area (Å²) in [6, 6.07) is 3.82. The highest BCUT2D eigenvalue weighted by molar-refractivity contribution is 7.50. The summed E-state index contributed by atoms with van der Waals surface area (Å²) in [7, 11) is -4.12. The fourth-order valence-electron chi connectivity index (χ4n) is 2.99. The van der Waals surface area contributed by atoms with E-state index >= 15 is 0 Å². The Kier molecular flexibility index (Phi) is 7.95. The van der Waals surface area contributed by atoms with Gasteiger partial charge < -0.3 is 14.5 Å². The molecule has 0 aliphatic heterocycles. The third-order valence-corrected chi connectivity index (χ3v) is 5.17. The number of ether oxygens (including phenoxy) is 1. The molecule has 0 unspecified atom stereocenters. The van der Waals surface area contributed by atoms with Crippen molar-refractivity contribution in [3.8, 4) is 5.75 Å². The van der Waals surface area contributed by atoms with E-state index in [-0.39, 0.29) is 17.0 Å². The van der Waals surface area contributed by atoms with Crippen LogP contribution in [-0.2, 0) is 21.6 Å². The number of hydrogen-bond acceptors (Lipinski definition) is 2. The Morgan fingerprint density at radius 3 is 1.81 bits per heavy atom. The second kappa shape index (κ2) is 8.91. The fourth-order valence-corrected chi connectivity index (χ4v) is 3.65. The lowest BCUT2D eigenvalue weighted by molar-refractivity contribution is 0.289. The maximum absolute atomic E-state index is 11.5. The number of rotatable bonds is 8. The van der Waals surface area contributed by atoms with Gasteiger partial charge in [0.25, 0.3) is 0 Å². The molecular weight excluding hydrogens is 347 g/mol. The molecule has 0 spiro atoms. The first-order chi connectivity index (χ1) is 11.8. The molecular formula is C21H37O4P. The maximum Gasteiger partial charge on any atom is 0.329 e. The molecule has 0 atom stereocenters. The van der Waals surface area contributed by atoms with Crippen molar-refractivity contribution in [1.82, 2.24) is 0 Å². The molecule has 0 fully saturated rings. The Balaban J connectivity index is 3.36. The fraction of sp³-hybridized carbons (Fsp3) is 0.714. The molecule has 0 radical (unpaired) electrons. The molecule has 26 heavy (non-hydrogen) atoms. The van der Waals surface area contributed by atoms with Gasteiger partial charge in [-0.2, -0.15) is 0 Å². The van der Waals surface area contributed by atoms with E-state index in [2.05, 4.69) is 48.5 Å². The highest BCUT2D eigenvalue weighted by Gasteiger charge is 2.29. The molecule has 0 saturated carbocycles. The van der Waals surface area contributed by atoms with Crippen LogP contribution in [-0.4, -0.2) is 16.4 Å². The molecule has 1 aromatic carbocycles. The van der Waals surface area contributed by atoms with Gasteiger partial charge in [0.2, 0.25) is 0 Å². The normalized spacial score (nSPS) is 13.1. The molecule has 1 aromatic rings. The average molecular weight is 384 g/mol. The van der Waals surface area contributed by atoms with Crippen molar-refractivity contribution in [1.29, 1.82) is 0 Å². The number of hydrogen-bond donors (Lipinski definition) is 2. The highest BCUT2D eigenvalue weighted by Crippen LogP contribution is 2.45. The molecule has 0 aliphatic rings. The predicted octanol–water partition coefficient (Wildman–Crippen LogP) is 5.92. The van der Waals surface area contributed by atoms with Gasteiger partial charge in [-0.15, -0.1) is 0 Å². The van der Waals surface area contributed by atoms with Crippen LogP contribution in [0.25, 0.3) is 0 Å². The largest absolute Gasteiger partial charge is 0.493 e. The zero-order valence-corrected chi connectivity index (χ0v) is 18.4. The topological polar surface area (TPSA) is 66.8 Å². The van der Waals surface area contributed by atoms with Gasteiger partial charge in [0.15, 0.2) is 0 Å². The second-order valence-electron chi connectivity index (χ2n) is 9.25. The standard InChI is InChI=1S/C21H37O4P/c1-8-9-10-11-12-25-19-17(20(2,3)4)13-16(15-26(22,23)24)14-18(19)21(5,6)7/h13-14H,8-12,15H2,1-7H3,(H2,22,23,24). The van der Waals surface area contributed by atoms with Crippen molar-refractivity contribution in [3.63, 3.8) is 0 Å². The van der Waals surface area contributed by atoms with E-state index < -0.39 is 7.60 Å². The average Bonchev–Trinajstić information content (AvgIpc) is 2.43. The number of unbranched alkanes of at least 4 members (excludes halogenated alkanes) is 3. The minimum absolute atomic E-state index is 0.177. The van der Waals surface area contributed by atoms with Crippen LogP contribution < -0.4 is 4.74 Å². The first-order valence-electron chi connectivity index (χ1n) is 9.61. The van der Waals surface area contributed by atoms with Crippen molar-refractivity contribution in [3.05, 3.63) is 28.8 Å². The third-order valence-electron chi connectivity index (χ3n) is 4.40. The summed E-state index contributed by atoms with van der Waals surface area (Å²) < 4.78 is 17.8. The summed E-state index contributed by atoms with van der Waals surface area (Å²) in [6.07, 6.45) is 4.34. The molecule has 0 bridgehead atoms. The van der Waals surface area contributed by atoms with Crippen LogP contribution in [0.2, 0.25) is 0 Å². The summed E-state index contributed by atoms with van der Waals surface area (Å²) in [5.41, 5.74) is 2.35. The van der Waals surface area contributed by atoms with Crippen molar-refractivity contribution in [2.24, 2.45) is 0 Å². The monoisotopic (exact) mass is 384 g/mol. The zero-order chi connectivity index (χ0) is 20.2. The molecule has 4 nitrogen and oxygen atoms in total. The Bertz CT molecular complexity index is 597. The lowest BCUT2D eigenvalue weighted by Gasteiger charge is -2.31. The summed E-state index contributed by atoms with van der Waals surface area (Å²) in [5.74, 6) is 0.885. The maximum atomic E-state index is 11.5. The lowest BCUT2D eigenvalue weighted by Crippen LogP contribution is -2.21. The number of benzene rings is 1. The van der Waals surface area contributed by atoms with Crippen molar-refractivity contribution < 1.29 is 19.1 Å².